The van der Waals surface area contributed by atoms with Gasteiger partial charge in [-0.15, -0.1) is 0 Å². The molecule has 4 rings (SSSR count). The van der Waals surface area contributed by atoms with E-state index in [1.54, 1.807) is 6.92 Å². The molecule has 5 heteroatoms. The molecule has 0 bridgehead atoms. The Balaban J connectivity index is 1.74. The van der Waals surface area contributed by atoms with Crippen LogP contribution in [0.2, 0.25) is 0 Å². The molecule has 3 aliphatic carbocycles. The van der Waals surface area contributed by atoms with E-state index in [0.717, 1.165) is 38.6 Å². The molecule has 0 aromatic heterocycles. The highest BCUT2D eigenvalue weighted by Crippen LogP contribution is 2.68. The number of fused-ring (bicyclic) bond motifs is 5. The molecule has 5 nitrogen and oxygen atoms in total. The fraction of sp³-hybridized carbons (Fsp3) is 0.792. The van der Waals surface area contributed by atoms with Crippen LogP contribution in [0.15, 0.2) is 11.6 Å². The largest absolute Gasteiger partial charge is 0.451 e. The lowest BCUT2D eigenvalue weighted by atomic mass is 9.45. The highest BCUT2D eigenvalue weighted by Gasteiger charge is 2.68. The first-order chi connectivity index (χ1) is 13.5. The number of hydrogen-bond acceptors (Lipinski definition) is 4. The number of amides is 1. The Labute approximate surface area is 174 Å². The van der Waals surface area contributed by atoms with Gasteiger partial charge >= 0.3 is 5.97 Å². The van der Waals surface area contributed by atoms with Crippen LogP contribution in [0.25, 0.3) is 0 Å². The van der Waals surface area contributed by atoms with Crippen molar-refractivity contribution in [3.8, 4) is 0 Å². The van der Waals surface area contributed by atoms with Crippen LogP contribution in [0.5, 0.6) is 0 Å². The zero-order valence-electron chi connectivity index (χ0n) is 18.5. The van der Waals surface area contributed by atoms with Crippen LogP contribution in [-0.4, -0.2) is 29.8 Å². The summed E-state index contributed by atoms with van der Waals surface area (Å²) in [5.74, 6) is 1.42. The van der Waals surface area contributed by atoms with Crippen molar-refractivity contribution in [2.24, 2.45) is 34.5 Å². The number of carbonyl (C=O) groups excluding carboxylic acids is 3. The van der Waals surface area contributed by atoms with Crippen molar-refractivity contribution < 1.29 is 19.1 Å². The van der Waals surface area contributed by atoms with Gasteiger partial charge in [0.05, 0.1) is 0 Å². The summed E-state index contributed by atoms with van der Waals surface area (Å²) in [6, 6.07) is 0. The van der Waals surface area contributed by atoms with Gasteiger partial charge in [0.25, 0.3) is 0 Å². The first kappa shape index (κ1) is 20.6. The molecule has 7 atom stereocenters. The van der Waals surface area contributed by atoms with Gasteiger partial charge in [0.15, 0.2) is 11.4 Å². The first-order valence-corrected chi connectivity index (χ1v) is 11.3. The minimum Gasteiger partial charge on any atom is -0.451 e. The normalized spacial score (nSPS) is 46.4. The van der Waals surface area contributed by atoms with Crippen LogP contribution >= 0.6 is 0 Å². The Morgan fingerprint density at radius 1 is 1.10 bits per heavy atom. The number of nitrogens with one attached hydrogen (secondary N) is 1. The lowest BCUT2D eigenvalue weighted by Crippen LogP contribution is -2.59. The van der Waals surface area contributed by atoms with Crippen LogP contribution in [0.1, 0.15) is 73.1 Å². The van der Waals surface area contributed by atoms with Crippen LogP contribution < -0.4 is 5.32 Å². The van der Waals surface area contributed by atoms with E-state index < -0.39 is 5.60 Å². The Morgan fingerprint density at radius 2 is 1.79 bits per heavy atom. The summed E-state index contributed by atoms with van der Waals surface area (Å²) in [5, 5.41) is 3.03. The van der Waals surface area contributed by atoms with Crippen molar-refractivity contribution in [3.05, 3.63) is 11.6 Å². The van der Waals surface area contributed by atoms with Gasteiger partial charge in [-0.25, -0.2) is 0 Å². The average molecular weight is 402 g/mol. The van der Waals surface area contributed by atoms with E-state index in [2.05, 4.69) is 26.1 Å². The third-order valence-corrected chi connectivity index (χ3v) is 9.31. The van der Waals surface area contributed by atoms with E-state index in [4.69, 9.17) is 4.74 Å². The molecule has 0 saturated heterocycles. The van der Waals surface area contributed by atoms with Gasteiger partial charge in [-0.05, 0) is 74.5 Å². The van der Waals surface area contributed by atoms with E-state index in [-0.39, 0.29) is 28.5 Å². The number of rotatable bonds is 2. The fourth-order valence-electron chi connectivity index (χ4n) is 8.06. The van der Waals surface area contributed by atoms with Crippen molar-refractivity contribution in [1.29, 1.82) is 0 Å². The Hall–Kier alpha value is -1.65. The first-order valence-electron chi connectivity index (χ1n) is 11.3. The number of Topliss-reactive ketones (excluding diaryl/α,β-unsaturated/α-hetero) is 1. The molecule has 7 unspecified atom stereocenters. The molecular formula is C24H35NO4. The number of esters is 1. The maximum atomic E-state index is 12.8. The zero-order chi connectivity index (χ0) is 21.2. The predicted octanol–water partition coefficient (Wildman–Crippen LogP) is 3.81. The van der Waals surface area contributed by atoms with Crippen molar-refractivity contribution in [3.63, 3.8) is 0 Å². The van der Waals surface area contributed by atoms with E-state index in [1.165, 1.54) is 12.5 Å². The maximum Gasteiger partial charge on any atom is 0.303 e. The van der Waals surface area contributed by atoms with Gasteiger partial charge in [-0.2, -0.15) is 0 Å². The smallest absolute Gasteiger partial charge is 0.303 e. The molecule has 1 heterocycles. The van der Waals surface area contributed by atoms with Crippen molar-refractivity contribution in [1.82, 2.24) is 5.32 Å². The summed E-state index contributed by atoms with van der Waals surface area (Å²) in [6.45, 7) is 10.5. The molecule has 1 amide bonds. The molecule has 1 aliphatic heterocycles. The number of ketones is 1. The van der Waals surface area contributed by atoms with Gasteiger partial charge in [0.2, 0.25) is 5.91 Å². The van der Waals surface area contributed by atoms with Crippen molar-refractivity contribution >= 4 is 17.7 Å². The molecule has 3 fully saturated rings. The number of allylic oxidation sites excluding steroid dienone is 1. The van der Waals surface area contributed by atoms with Crippen molar-refractivity contribution in [2.75, 3.05) is 6.54 Å². The molecule has 29 heavy (non-hydrogen) atoms. The molecule has 0 aromatic carbocycles. The monoisotopic (exact) mass is 401 g/mol. The van der Waals surface area contributed by atoms with Crippen molar-refractivity contribution in [2.45, 2.75) is 78.7 Å². The van der Waals surface area contributed by atoms with E-state index in [1.807, 2.05) is 6.08 Å². The van der Waals surface area contributed by atoms with Crippen LogP contribution in [0.3, 0.4) is 0 Å². The highest BCUT2D eigenvalue weighted by atomic mass is 16.6. The second-order valence-corrected chi connectivity index (χ2v) is 10.5. The SMILES string of the molecule is CC(=O)OC1(C(C)=O)CCC2C3CC(C)C4=CC(=O)NCCC4(C)C3CCC21C. The second kappa shape index (κ2) is 6.68. The molecule has 0 aromatic rings. The van der Waals surface area contributed by atoms with E-state index in [0.29, 0.717) is 30.1 Å². The van der Waals surface area contributed by atoms with Crippen LogP contribution in [-0.2, 0) is 19.1 Å². The minimum absolute atomic E-state index is 0.00364. The summed E-state index contributed by atoms with van der Waals surface area (Å²) in [6.07, 6.45) is 7.38. The molecule has 0 spiro atoms. The summed E-state index contributed by atoms with van der Waals surface area (Å²) in [5.41, 5.74) is 0.0524. The third-order valence-electron chi connectivity index (χ3n) is 9.31. The quantitative estimate of drug-likeness (QED) is 0.714. The van der Waals surface area contributed by atoms with Gasteiger partial charge < -0.3 is 10.1 Å². The van der Waals surface area contributed by atoms with Gasteiger partial charge in [-0.1, -0.05) is 26.3 Å². The summed E-state index contributed by atoms with van der Waals surface area (Å²) >= 11 is 0. The Bertz CT molecular complexity index is 788. The summed E-state index contributed by atoms with van der Waals surface area (Å²) in [7, 11) is 0. The molecule has 4 aliphatic rings. The van der Waals surface area contributed by atoms with Gasteiger partial charge in [0.1, 0.15) is 0 Å². The van der Waals surface area contributed by atoms with E-state index >= 15 is 0 Å². The fourth-order valence-corrected chi connectivity index (χ4v) is 8.06. The molecular weight excluding hydrogens is 366 g/mol. The van der Waals surface area contributed by atoms with Crippen LogP contribution in [0.4, 0.5) is 0 Å². The maximum absolute atomic E-state index is 12.8. The van der Waals surface area contributed by atoms with Gasteiger partial charge in [-0.3, -0.25) is 14.4 Å². The Kier molecular flexibility index (Phi) is 4.75. The zero-order valence-corrected chi connectivity index (χ0v) is 18.5. The third kappa shape index (κ3) is 2.75. The van der Waals surface area contributed by atoms with E-state index in [9.17, 15) is 14.4 Å². The predicted molar refractivity (Wildman–Crippen MR) is 110 cm³/mol. The van der Waals surface area contributed by atoms with Crippen LogP contribution in [0, 0.1) is 34.5 Å². The number of ether oxygens (including phenoxy) is 1. The Morgan fingerprint density at radius 3 is 2.45 bits per heavy atom. The minimum atomic E-state index is -0.976. The molecule has 160 valence electrons. The standard InChI is InChI=1S/C24H35NO4/c1-14-12-17-18(22(4)10-11-25-21(28)13-20(14)22)6-8-23(5)19(17)7-9-24(23,15(2)26)29-16(3)27/h13-14,17-19H,6-12H2,1-5H3,(H,25,28). The number of carbonyl (C=O) groups is 3. The summed E-state index contributed by atoms with van der Waals surface area (Å²) < 4.78 is 5.85. The lowest BCUT2D eigenvalue weighted by Gasteiger charge is -2.59. The average Bonchev–Trinajstić information content (AvgIpc) is 2.81. The lowest BCUT2D eigenvalue weighted by molar-refractivity contribution is -0.187. The second-order valence-electron chi connectivity index (χ2n) is 10.5. The van der Waals surface area contributed by atoms with Gasteiger partial charge in [0, 0.05) is 25.0 Å². The highest BCUT2D eigenvalue weighted by molar-refractivity contribution is 5.89. The molecule has 3 saturated carbocycles. The topological polar surface area (TPSA) is 72.5 Å². The molecule has 1 N–H and O–H groups in total. The molecule has 0 radical (unpaired) electrons. The summed E-state index contributed by atoms with van der Waals surface area (Å²) in [4.78, 5) is 37.0. The number of hydrogen-bond donors (Lipinski definition) is 1.